The lowest BCUT2D eigenvalue weighted by Gasteiger charge is -2.37. The van der Waals surface area contributed by atoms with Crippen LogP contribution in [-0.4, -0.2) is 16.3 Å². The van der Waals surface area contributed by atoms with E-state index >= 15 is 0 Å². The van der Waals surface area contributed by atoms with Gasteiger partial charge >= 0.3 is 12.3 Å². The van der Waals surface area contributed by atoms with Gasteiger partial charge in [-0.05, 0) is 56.7 Å². The number of benzene rings is 3. The van der Waals surface area contributed by atoms with E-state index < -0.39 is 29.5 Å². The Morgan fingerprint density at radius 1 is 0.917 bits per heavy atom. The molecule has 8 heteroatoms. The molecule has 0 radical (unpaired) electrons. The first-order valence-corrected chi connectivity index (χ1v) is 11.5. The van der Waals surface area contributed by atoms with Crippen LogP contribution < -0.4 is 5.06 Å². The van der Waals surface area contributed by atoms with Gasteiger partial charge in [0, 0.05) is 10.9 Å². The molecule has 3 aromatic carbocycles. The fourth-order valence-electron chi connectivity index (χ4n) is 4.56. The summed E-state index contributed by atoms with van der Waals surface area (Å²) in [5, 5.41) is 2.49. The molecule has 0 aliphatic carbocycles. The van der Waals surface area contributed by atoms with Crippen LogP contribution in [0.4, 0.5) is 23.7 Å². The summed E-state index contributed by atoms with van der Waals surface area (Å²) in [5.41, 5.74) is 1.92. The van der Waals surface area contributed by atoms with Crippen molar-refractivity contribution in [1.29, 1.82) is 0 Å². The molecule has 0 saturated carbocycles. The quantitative estimate of drug-likeness (QED) is 0.290. The minimum Gasteiger partial charge on any atom is -0.443 e. The normalized spacial score (nSPS) is 16.2. The number of para-hydroxylation sites is 2. The van der Waals surface area contributed by atoms with Crippen molar-refractivity contribution in [3.05, 3.63) is 101 Å². The predicted octanol–water partition coefficient (Wildman–Crippen LogP) is 7.48. The van der Waals surface area contributed by atoms with Crippen molar-refractivity contribution in [1.82, 2.24) is 4.57 Å². The van der Waals surface area contributed by atoms with E-state index in [0.717, 1.165) is 28.8 Å². The van der Waals surface area contributed by atoms with Crippen molar-refractivity contribution in [2.45, 2.75) is 45.2 Å². The molecule has 5 rings (SSSR count). The highest BCUT2D eigenvalue weighted by atomic mass is 19.4. The second-order valence-electron chi connectivity index (χ2n) is 9.65. The van der Waals surface area contributed by atoms with Crippen LogP contribution in [0.15, 0.2) is 78.9 Å². The van der Waals surface area contributed by atoms with Crippen molar-refractivity contribution < 1.29 is 27.5 Å². The number of nitrogens with zero attached hydrogens (tertiary/aromatic N) is 2. The number of alkyl halides is 3. The Morgan fingerprint density at radius 2 is 1.56 bits per heavy atom. The van der Waals surface area contributed by atoms with Gasteiger partial charge in [-0.25, -0.2) is 14.4 Å². The van der Waals surface area contributed by atoms with Crippen LogP contribution in [0.1, 0.15) is 49.2 Å². The molecule has 0 bridgehead atoms. The molecule has 4 aromatic rings. The average molecular weight is 495 g/mol. The monoisotopic (exact) mass is 494 g/mol. The van der Waals surface area contributed by atoms with Gasteiger partial charge in [-0.1, -0.05) is 48.5 Å². The zero-order chi connectivity index (χ0) is 25.7. The van der Waals surface area contributed by atoms with Crippen LogP contribution in [-0.2, 0) is 22.4 Å². The molecule has 1 atom stereocenters. The average Bonchev–Trinajstić information content (AvgIpc) is 3.17. The minimum absolute atomic E-state index is 0.0787. The second-order valence-corrected chi connectivity index (χ2v) is 9.65. The summed E-state index contributed by atoms with van der Waals surface area (Å²) < 4.78 is 47.1. The topological polar surface area (TPSA) is 43.7 Å². The number of ether oxygens (including phenoxy) is 1. The Hall–Kier alpha value is -3.78. The molecular weight excluding hydrogens is 469 g/mol. The molecule has 0 amide bonds. The molecule has 1 aliphatic heterocycles. The Balaban J connectivity index is 1.73. The largest absolute Gasteiger partial charge is 0.443 e. The van der Waals surface area contributed by atoms with Crippen molar-refractivity contribution in [3.63, 3.8) is 0 Å². The molecule has 1 unspecified atom stereocenters. The maximum absolute atomic E-state index is 13.3. The number of carbonyl (C=O) groups is 1. The van der Waals surface area contributed by atoms with E-state index in [9.17, 15) is 18.0 Å². The van der Waals surface area contributed by atoms with Gasteiger partial charge in [0.05, 0.1) is 22.5 Å². The lowest BCUT2D eigenvalue weighted by molar-refractivity contribution is -0.137. The molecule has 2 heterocycles. The smallest absolute Gasteiger partial charge is 0.419 e. The fourth-order valence-corrected chi connectivity index (χ4v) is 4.56. The summed E-state index contributed by atoms with van der Waals surface area (Å²) >= 11 is 0. The molecule has 186 valence electrons. The summed E-state index contributed by atoms with van der Waals surface area (Å²) in [7, 11) is 0. The van der Waals surface area contributed by atoms with Gasteiger partial charge in [-0.3, -0.25) is 4.84 Å². The number of carbonyl (C=O) groups excluding carboxylic acids is 1. The van der Waals surface area contributed by atoms with Crippen LogP contribution in [0.3, 0.4) is 0 Å². The van der Waals surface area contributed by atoms with Crippen LogP contribution >= 0.6 is 0 Å². The number of rotatable bonds is 2. The molecule has 0 spiro atoms. The lowest BCUT2D eigenvalue weighted by Crippen LogP contribution is -2.36. The van der Waals surface area contributed by atoms with Crippen LogP contribution in [0.2, 0.25) is 0 Å². The molecular formula is C28H25F3N2O3. The number of hydroxylamine groups is 1. The van der Waals surface area contributed by atoms with Crippen LogP contribution in [0.5, 0.6) is 0 Å². The molecule has 5 nitrogen and oxygen atoms in total. The number of halogens is 3. The Morgan fingerprint density at radius 3 is 2.19 bits per heavy atom. The zero-order valence-electron chi connectivity index (χ0n) is 20.0. The van der Waals surface area contributed by atoms with E-state index in [1.165, 1.54) is 16.7 Å². The maximum Gasteiger partial charge on any atom is 0.419 e. The van der Waals surface area contributed by atoms with Crippen molar-refractivity contribution in [2.75, 3.05) is 5.06 Å². The number of fused-ring (bicyclic) bond motifs is 3. The summed E-state index contributed by atoms with van der Waals surface area (Å²) in [6, 6.07) is 21.2. The van der Waals surface area contributed by atoms with Crippen molar-refractivity contribution in [3.8, 4) is 0 Å². The molecule has 0 fully saturated rings. The lowest BCUT2D eigenvalue weighted by atomic mass is 9.93. The Kier molecular flexibility index (Phi) is 5.79. The van der Waals surface area contributed by atoms with E-state index in [1.54, 1.807) is 25.8 Å². The van der Waals surface area contributed by atoms with Gasteiger partial charge in [-0.2, -0.15) is 13.2 Å². The number of anilines is 1. The molecule has 0 saturated heterocycles. The highest BCUT2D eigenvalue weighted by Crippen LogP contribution is 2.44. The van der Waals surface area contributed by atoms with Gasteiger partial charge in [0.2, 0.25) is 0 Å². The Bertz CT molecular complexity index is 1400. The second kappa shape index (κ2) is 8.71. The zero-order valence-corrected chi connectivity index (χ0v) is 20.0. The summed E-state index contributed by atoms with van der Waals surface area (Å²) in [5.74, 6) is 0. The SMILES string of the molecule is CC(C)(C)OC(=O)n1c2c(c3ccccc31)C(c1ccc(C(F)(F)F)cc1)N(c1ccccc1)OC2. The fraction of sp³-hybridized carbons (Fsp3) is 0.250. The first-order chi connectivity index (χ1) is 17.0. The third-order valence-electron chi connectivity index (χ3n) is 6.00. The third kappa shape index (κ3) is 4.33. The summed E-state index contributed by atoms with van der Waals surface area (Å²) in [6.45, 7) is 5.46. The van der Waals surface area contributed by atoms with Gasteiger partial charge < -0.3 is 4.74 Å². The molecule has 1 aliphatic rings. The highest BCUT2D eigenvalue weighted by molar-refractivity contribution is 5.95. The first-order valence-electron chi connectivity index (χ1n) is 11.5. The van der Waals surface area contributed by atoms with Gasteiger partial charge in [0.25, 0.3) is 0 Å². The minimum atomic E-state index is -4.45. The maximum atomic E-state index is 13.3. The summed E-state index contributed by atoms with van der Waals surface area (Å²) in [4.78, 5) is 19.5. The van der Waals surface area contributed by atoms with E-state index in [1.807, 2.05) is 54.6 Å². The van der Waals surface area contributed by atoms with Gasteiger partial charge in [0.15, 0.2) is 0 Å². The van der Waals surface area contributed by atoms with Crippen molar-refractivity contribution in [2.24, 2.45) is 0 Å². The van der Waals surface area contributed by atoms with Crippen molar-refractivity contribution >= 4 is 22.7 Å². The standard InChI is InChI=1S/C28H25F3N2O3/c1-27(2,3)36-26(34)32-22-12-8-7-11-21(22)24-23(32)17-35-33(20-9-5-4-6-10-20)25(24)18-13-15-19(16-14-18)28(29,30)31/h4-16,25H,17H2,1-3H3. The van der Waals surface area contributed by atoms with E-state index in [0.29, 0.717) is 16.8 Å². The Labute approximate surface area is 206 Å². The predicted molar refractivity (Wildman–Crippen MR) is 131 cm³/mol. The van der Waals surface area contributed by atoms with Crippen LogP contribution in [0, 0.1) is 0 Å². The van der Waals surface area contributed by atoms with E-state index in [2.05, 4.69) is 0 Å². The molecule has 36 heavy (non-hydrogen) atoms. The first kappa shape index (κ1) is 23.9. The van der Waals surface area contributed by atoms with Crippen LogP contribution in [0.25, 0.3) is 10.9 Å². The van der Waals surface area contributed by atoms with Gasteiger partial charge in [0.1, 0.15) is 18.2 Å². The highest BCUT2D eigenvalue weighted by Gasteiger charge is 2.38. The summed E-state index contributed by atoms with van der Waals surface area (Å²) in [6.07, 6.45) is -4.98. The number of aromatic nitrogens is 1. The third-order valence-corrected chi connectivity index (χ3v) is 6.00. The molecule has 1 aromatic heterocycles. The number of hydrogen-bond acceptors (Lipinski definition) is 4. The number of hydrogen-bond donors (Lipinski definition) is 0. The van der Waals surface area contributed by atoms with E-state index in [4.69, 9.17) is 9.57 Å². The van der Waals surface area contributed by atoms with E-state index in [-0.39, 0.29) is 6.61 Å². The molecule has 0 N–H and O–H groups in total. The van der Waals surface area contributed by atoms with Gasteiger partial charge in [-0.15, -0.1) is 0 Å².